The third-order valence-electron chi connectivity index (χ3n) is 3.03. The Hall–Kier alpha value is -0.810. The number of urea groups is 1. The third-order valence-corrected chi connectivity index (χ3v) is 3.03. The first-order chi connectivity index (χ1) is 6.12. The molecule has 0 bridgehead atoms. The first kappa shape index (κ1) is 8.77. The molecule has 0 saturated carbocycles. The third kappa shape index (κ3) is 1.38. The van der Waals surface area contributed by atoms with Gasteiger partial charge in [-0.2, -0.15) is 0 Å². The normalized spacial score (nSPS) is 33.1. The van der Waals surface area contributed by atoms with Crippen LogP contribution in [0.25, 0.3) is 0 Å². The standard InChI is InChI=1S/C8H15N3O2/c1-11-4-2-8(3-5-11)6(12)9-7(13)10-8/h6,12H,2-5H2,1H3,(H2,9,10,13). The van der Waals surface area contributed by atoms with Crippen molar-refractivity contribution in [2.75, 3.05) is 20.1 Å². The second-order valence-corrected chi connectivity index (χ2v) is 3.96. The molecular formula is C8H15N3O2. The van der Waals surface area contributed by atoms with Gasteiger partial charge in [-0.05, 0) is 19.9 Å². The molecule has 2 rings (SSSR count). The van der Waals surface area contributed by atoms with Gasteiger partial charge in [0.1, 0.15) is 0 Å². The second-order valence-electron chi connectivity index (χ2n) is 3.96. The summed E-state index contributed by atoms with van der Waals surface area (Å²) in [5.74, 6) is 0. The fourth-order valence-corrected chi connectivity index (χ4v) is 2.01. The Bertz CT molecular complexity index is 223. The van der Waals surface area contributed by atoms with Gasteiger partial charge < -0.3 is 20.6 Å². The van der Waals surface area contributed by atoms with Crippen molar-refractivity contribution in [2.24, 2.45) is 0 Å². The molecule has 0 aromatic carbocycles. The van der Waals surface area contributed by atoms with Crippen LogP contribution in [0.5, 0.6) is 0 Å². The van der Waals surface area contributed by atoms with Crippen LogP contribution < -0.4 is 10.6 Å². The number of aliphatic hydroxyl groups excluding tert-OH is 1. The fraction of sp³-hybridized carbons (Fsp3) is 0.875. The van der Waals surface area contributed by atoms with Gasteiger partial charge >= 0.3 is 6.03 Å². The van der Waals surface area contributed by atoms with Crippen molar-refractivity contribution in [1.82, 2.24) is 15.5 Å². The number of carbonyl (C=O) groups is 1. The largest absolute Gasteiger partial charge is 0.371 e. The van der Waals surface area contributed by atoms with E-state index in [1.807, 2.05) is 7.05 Å². The second kappa shape index (κ2) is 2.85. The van der Waals surface area contributed by atoms with Crippen LogP contribution in [0.3, 0.4) is 0 Å². The van der Waals surface area contributed by atoms with Crippen LogP contribution in [-0.2, 0) is 0 Å². The number of hydrogen-bond donors (Lipinski definition) is 3. The van der Waals surface area contributed by atoms with Crippen molar-refractivity contribution < 1.29 is 9.90 Å². The average molecular weight is 185 g/mol. The topological polar surface area (TPSA) is 64.6 Å². The summed E-state index contributed by atoms with van der Waals surface area (Å²) in [5, 5.41) is 14.9. The lowest BCUT2D eigenvalue weighted by Gasteiger charge is -2.38. The number of nitrogens with zero attached hydrogens (tertiary/aromatic N) is 1. The lowest BCUT2D eigenvalue weighted by atomic mass is 9.87. The Balaban J connectivity index is 2.08. The highest BCUT2D eigenvalue weighted by Crippen LogP contribution is 2.27. The Kier molecular flexibility index (Phi) is 1.92. The van der Waals surface area contributed by atoms with E-state index < -0.39 is 11.8 Å². The first-order valence-electron chi connectivity index (χ1n) is 4.58. The van der Waals surface area contributed by atoms with Crippen molar-refractivity contribution in [1.29, 1.82) is 0 Å². The molecule has 2 fully saturated rings. The highest BCUT2D eigenvalue weighted by Gasteiger charge is 2.46. The maximum absolute atomic E-state index is 11.0. The Labute approximate surface area is 77.1 Å². The van der Waals surface area contributed by atoms with Gasteiger partial charge in [-0.25, -0.2) is 4.79 Å². The van der Waals surface area contributed by atoms with Gasteiger partial charge in [-0.15, -0.1) is 0 Å². The lowest BCUT2D eigenvalue weighted by Crippen LogP contribution is -2.55. The molecule has 3 N–H and O–H groups in total. The van der Waals surface area contributed by atoms with E-state index in [0.29, 0.717) is 0 Å². The molecule has 5 nitrogen and oxygen atoms in total. The van der Waals surface area contributed by atoms with Crippen molar-refractivity contribution in [2.45, 2.75) is 24.6 Å². The summed E-state index contributed by atoms with van der Waals surface area (Å²) in [6, 6.07) is -0.253. The van der Waals surface area contributed by atoms with E-state index in [0.717, 1.165) is 25.9 Å². The highest BCUT2D eigenvalue weighted by molar-refractivity contribution is 5.78. The van der Waals surface area contributed by atoms with Crippen molar-refractivity contribution in [3.8, 4) is 0 Å². The lowest BCUT2D eigenvalue weighted by molar-refractivity contribution is 0.0394. The summed E-state index contributed by atoms with van der Waals surface area (Å²) in [4.78, 5) is 13.2. The van der Waals surface area contributed by atoms with Gasteiger partial charge in [-0.1, -0.05) is 0 Å². The first-order valence-corrected chi connectivity index (χ1v) is 4.58. The maximum Gasteiger partial charge on any atom is 0.317 e. The highest BCUT2D eigenvalue weighted by atomic mass is 16.3. The minimum atomic E-state index is -0.728. The average Bonchev–Trinajstić information content (AvgIpc) is 2.34. The Morgan fingerprint density at radius 1 is 1.54 bits per heavy atom. The molecule has 2 aliphatic heterocycles. The van der Waals surface area contributed by atoms with E-state index in [4.69, 9.17) is 0 Å². The summed E-state index contributed by atoms with van der Waals surface area (Å²) in [6.07, 6.45) is 0.890. The summed E-state index contributed by atoms with van der Waals surface area (Å²) >= 11 is 0. The van der Waals surface area contributed by atoms with Gasteiger partial charge in [0.25, 0.3) is 0 Å². The molecule has 0 radical (unpaired) electrons. The molecule has 2 heterocycles. The van der Waals surface area contributed by atoms with Gasteiger partial charge in [0, 0.05) is 13.1 Å². The summed E-state index contributed by atoms with van der Waals surface area (Å²) in [6.45, 7) is 1.83. The monoisotopic (exact) mass is 185 g/mol. The van der Waals surface area contributed by atoms with Crippen LogP contribution in [0.1, 0.15) is 12.8 Å². The maximum atomic E-state index is 11.0. The molecule has 74 valence electrons. The van der Waals surface area contributed by atoms with Crippen molar-refractivity contribution >= 4 is 6.03 Å². The molecule has 2 saturated heterocycles. The number of amides is 2. The molecular weight excluding hydrogens is 170 g/mol. The van der Waals surface area contributed by atoms with E-state index >= 15 is 0 Å². The Morgan fingerprint density at radius 2 is 2.15 bits per heavy atom. The zero-order valence-corrected chi connectivity index (χ0v) is 7.71. The van der Waals surface area contributed by atoms with Gasteiger partial charge in [0.2, 0.25) is 0 Å². The summed E-state index contributed by atoms with van der Waals surface area (Å²) in [7, 11) is 2.05. The van der Waals surface area contributed by atoms with E-state index in [9.17, 15) is 9.90 Å². The number of hydrogen-bond acceptors (Lipinski definition) is 3. The SMILES string of the molecule is CN1CCC2(CC1)NC(=O)NC2O. The van der Waals surface area contributed by atoms with Crippen molar-refractivity contribution in [3.63, 3.8) is 0 Å². The number of carbonyl (C=O) groups excluding carboxylic acids is 1. The summed E-state index contributed by atoms with van der Waals surface area (Å²) < 4.78 is 0. The smallest absolute Gasteiger partial charge is 0.317 e. The fourth-order valence-electron chi connectivity index (χ4n) is 2.01. The molecule has 0 aliphatic carbocycles. The minimum Gasteiger partial charge on any atom is -0.371 e. The number of piperidine rings is 1. The van der Waals surface area contributed by atoms with Crippen LogP contribution in [0, 0.1) is 0 Å². The molecule has 0 aromatic heterocycles. The van der Waals surface area contributed by atoms with E-state index in [1.54, 1.807) is 0 Å². The molecule has 5 heteroatoms. The zero-order chi connectivity index (χ0) is 9.47. The van der Waals surface area contributed by atoms with Crippen molar-refractivity contribution in [3.05, 3.63) is 0 Å². The Morgan fingerprint density at radius 3 is 2.62 bits per heavy atom. The minimum absolute atomic E-state index is 0.253. The number of nitrogens with one attached hydrogen (secondary N) is 2. The number of rotatable bonds is 0. The molecule has 13 heavy (non-hydrogen) atoms. The van der Waals surface area contributed by atoms with Gasteiger partial charge in [0.15, 0.2) is 6.23 Å². The van der Waals surface area contributed by atoms with Crippen LogP contribution >= 0.6 is 0 Å². The van der Waals surface area contributed by atoms with Crippen LogP contribution in [0.4, 0.5) is 4.79 Å². The van der Waals surface area contributed by atoms with E-state index in [1.165, 1.54) is 0 Å². The molecule has 1 spiro atoms. The molecule has 2 amide bonds. The number of likely N-dealkylation sites (tertiary alicyclic amines) is 1. The van der Waals surface area contributed by atoms with E-state index in [-0.39, 0.29) is 6.03 Å². The predicted molar refractivity (Wildman–Crippen MR) is 47.1 cm³/mol. The van der Waals surface area contributed by atoms with E-state index in [2.05, 4.69) is 15.5 Å². The molecule has 2 aliphatic rings. The van der Waals surface area contributed by atoms with Crippen LogP contribution in [0.2, 0.25) is 0 Å². The van der Waals surface area contributed by atoms with Crippen LogP contribution in [-0.4, -0.2) is 47.9 Å². The molecule has 1 unspecified atom stereocenters. The zero-order valence-electron chi connectivity index (χ0n) is 7.71. The number of aliphatic hydroxyl groups is 1. The quantitative estimate of drug-likeness (QED) is 0.457. The van der Waals surface area contributed by atoms with Gasteiger partial charge in [0.05, 0.1) is 5.54 Å². The summed E-state index contributed by atoms with van der Waals surface area (Å²) in [5.41, 5.74) is -0.413. The predicted octanol–water partition coefficient (Wildman–Crippen LogP) is -0.918. The molecule has 0 aromatic rings. The van der Waals surface area contributed by atoms with Crippen LogP contribution in [0.15, 0.2) is 0 Å². The molecule has 1 atom stereocenters. The van der Waals surface area contributed by atoms with Gasteiger partial charge in [-0.3, -0.25) is 0 Å².